The van der Waals surface area contributed by atoms with Crippen molar-refractivity contribution in [3.63, 3.8) is 0 Å². The van der Waals surface area contributed by atoms with E-state index in [4.69, 9.17) is 0 Å². The summed E-state index contributed by atoms with van der Waals surface area (Å²) in [5.74, 6) is 0. The van der Waals surface area contributed by atoms with Crippen LogP contribution in [0.1, 0.15) is 0 Å². The molecule has 0 rings (SSSR count). The molecular weight excluding hydrogens is 2400 g/mol. The molecule has 0 saturated heterocycles. The fourth-order valence-corrected chi connectivity index (χ4v) is 0. The van der Waals surface area contributed by atoms with E-state index in [2.05, 4.69) is 0 Å². The Hall–Kier alpha value is 7.19. The molecule has 0 aliphatic rings. The van der Waals surface area contributed by atoms with E-state index in [0.717, 1.165) is 0 Å². The zero-order valence-electron chi connectivity index (χ0n) is 39.7. The van der Waals surface area contributed by atoms with Crippen LogP contribution in [0.4, 0.5) is 0 Å². The van der Waals surface area contributed by atoms with Gasteiger partial charge in [-0.25, -0.2) is 0 Å². The molecule has 740 valence electrons. The smallest absolute Gasteiger partial charge is 2.00 e. The second kappa shape index (κ2) is 22700. The van der Waals surface area contributed by atoms with Crippen LogP contribution in [-0.2, 0) is 779 Å². The van der Waals surface area contributed by atoms with E-state index in [-0.39, 0.29) is 779 Å². The summed E-state index contributed by atoms with van der Waals surface area (Å²) in [5.41, 5.74) is 0. The molecule has 0 atom stereocenters. The van der Waals surface area contributed by atoms with E-state index in [1.165, 1.54) is 0 Å². The monoisotopic (exact) mass is 2400 g/mol. The van der Waals surface area contributed by atoms with Crippen molar-refractivity contribution in [1.29, 1.82) is 0 Å². The second-order valence-electron chi connectivity index (χ2n) is 0. The minimum atomic E-state index is 0. The molecule has 20 radical (unpaired) electrons. The summed E-state index contributed by atoms with van der Waals surface area (Å²) in [6.45, 7) is 0. The predicted molar refractivity (Wildman–Crippen MR) is 54.9 cm³/mol. The van der Waals surface area contributed by atoms with Gasteiger partial charge in [-0.15, -0.1) is 0 Å². The molecule has 0 saturated carbocycles. The minimum absolute atomic E-state index is 0. The largest absolute Gasteiger partial charge is 3.00 e. The zero-order valence-corrected chi connectivity index (χ0v) is 61.8. The molecule has 0 amide bonds. The van der Waals surface area contributed by atoms with Crippen molar-refractivity contribution in [3.8, 4) is 0 Å². The summed E-state index contributed by atoms with van der Waals surface area (Å²) in [7, 11) is 0. The first-order valence-electron chi connectivity index (χ1n) is 0. The minimum Gasteiger partial charge on any atom is -2.00 e. The van der Waals surface area contributed by atoms with Crippen molar-refractivity contribution in [3.05, 3.63) is 0 Å². The number of rotatable bonds is 0. The van der Waals surface area contributed by atoms with Gasteiger partial charge in [0.05, 0.1) is 0 Å². The van der Waals surface area contributed by atoms with Gasteiger partial charge in [0.15, 0.2) is 0 Å². The van der Waals surface area contributed by atoms with Gasteiger partial charge in [0.1, 0.15) is 0 Å². The van der Waals surface area contributed by atoms with Crippen LogP contribution in [0.25, 0.3) is 0 Å². The standard InChI is InChI=1S/20Fe.80O/q20*+3;80*-2. The summed E-state index contributed by atoms with van der Waals surface area (Å²) < 4.78 is 0. The maximum atomic E-state index is 0. The molecule has 0 aromatic rings. The first kappa shape index (κ1) is 23400. The average molecular weight is 2400 g/mol. The Balaban J connectivity index is 0. The molecule has 0 fully saturated rings. The molecule has 0 N–H and O–H groups in total. The van der Waals surface area contributed by atoms with Crippen molar-refractivity contribution in [2.45, 2.75) is 0 Å². The maximum absolute atomic E-state index is 0. The second-order valence-corrected chi connectivity index (χ2v) is 0. The van der Waals surface area contributed by atoms with E-state index >= 15 is 0 Å². The van der Waals surface area contributed by atoms with Crippen molar-refractivity contribution in [2.75, 3.05) is 0 Å². The van der Waals surface area contributed by atoms with E-state index in [0.29, 0.717) is 0 Å². The van der Waals surface area contributed by atoms with Crippen LogP contribution in [0.2, 0.25) is 0 Å². The Morgan fingerprint density at radius 2 is 0.0200 bits per heavy atom. The van der Waals surface area contributed by atoms with Crippen LogP contribution in [0.15, 0.2) is 0 Å². The molecule has 0 bridgehead atoms. The third kappa shape index (κ3) is 22100. The third-order valence-electron chi connectivity index (χ3n) is 0. The van der Waals surface area contributed by atoms with Crippen molar-refractivity contribution < 1.29 is 779 Å². The van der Waals surface area contributed by atoms with Crippen molar-refractivity contribution in [1.82, 2.24) is 0 Å². The predicted octanol–water partition coefficient (Wildman–Crippen LogP) is -9.55. The van der Waals surface area contributed by atoms with E-state index in [1.807, 2.05) is 0 Å². The molecule has 0 aromatic heterocycles. The fourth-order valence-electron chi connectivity index (χ4n) is 0. The molecule has 0 aliphatic heterocycles. The zero-order chi connectivity index (χ0) is 0. The van der Waals surface area contributed by atoms with E-state index in [9.17, 15) is 0 Å². The summed E-state index contributed by atoms with van der Waals surface area (Å²) >= 11 is 0. The molecule has 0 aromatic carbocycles. The number of hydrogen-bond acceptors (Lipinski definition) is 0. The molecule has 0 aliphatic carbocycles. The van der Waals surface area contributed by atoms with Gasteiger partial charge in [-0.1, -0.05) is 0 Å². The van der Waals surface area contributed by atoms with Crippen LogP contribution >= 0.6 is 0 Å². The molecular formula is Fe20O80-100. The van der Waals surface area contributed by atoms with Gasteiger partial charge in [0, 0.05) is 0 Å². The van der Waals surface area contributed by atoms with Gasteiger partial charge in [0.2, 0.25) is 0 Å². The summed E-state index contributed by atoms with van der Waals surface area (Å²) in [4.78, 5) is 0. The number of hydrogen-bond donors (Lipinski definition) is 0. The van der Waals surface area contributed by atoms with Gasteiger partial charge < -0.3 is 438 Å². The van der Waals surface area contributed by atoms with Crippen LogP contribution < -0.4 is 0 Å². The SMILES string of the molecule is [Fe+3].[Fe+3].[Fe+3].[Fe+3].[Fe+3].[Fe+3].[Fe+3].[Fe+3].[Fe+3].[Fe+3].[Fe+3].[Fe+3].[Fe+3].[Fe+3].[Fe+3].[Fe+3].[Fe+3].[Fe+3].[Fe+3].[Fe+3].[O-2].[O-2].[O-2].[O-2].[O-2].[O-2].[O-2].[O-2].[O-2].[O-2].[O-2].[O-2].[O-2].[O-2].[O-2].[O-2].[O-2].[O-2].[O-2].[O-2].[O-2].[O-2].[O-2].[O-2].[O-2].[O-2].[O-2].[O-2].[O-2].[O-2].[O-2].[O-2].[O-2].[O-2].[O-2].[O-2].[O-2].[O-2].[O-2].[O-2].[O-2].[O-2].[O-2].[O-2].[O-2].[O-2].[O-2].[O-2].[O-2].[O-2].[O-2].[O-2].[O-2].[O-2].[O-2].[O-2].[O-2].[O-2].[O-2].[O-2].[O-2].[O-2].[O-2].[O-2].[O-2].[O-2].[O-2].[O-2].[O-2].[O-2].[O-2].[O-2].[O-2].[O-2].[O-2].[O-2].[O-2].[O-2].[O-2].[O-2]. The van der Waals surface area contributed by atoms with Gasteiger partial charge in [-0.3, -0.25) is 0 Å². The quantitative estimate of drug-likeness (QED) is 0.204. The topological polar surface area (TPSA) is 2280 Å². The normalized spacial score (nSPS) is 0. The van der Waals surface area contributed by atoms with Gasteiger partial charge in [-0.05, 0) is 0 Å². The van der Waals surface area contributed by atoms with E-state index in [1.54, 1.807) is 0 Å². The molecule has 100 heteroatoms. The Labute approximate surface area is 772 Å². The van der Waals surface area contributed by atoms with Gasteiger partial charge in [-0.2, -0.15) is 0 Å². The van der Waals surface area contributed by atoms with Crippen molar-refractivity contribution in [2.24, 2.45) is 0 Å². The maximum Gasteiger partial charge on any atom is 3.00 e. The summed E-state index contributed by atoms with van der Waals surface area (Å²) in [6, 6.07) is 0. The van der Waals surface area contributed by atoms with Crippen LogP contribution in [0, 0.1) is 0 Å². The Bertz CT molecular complexity index is 72.2. The summed E-state index contributed by atoms with van der Waals surface area (Å²) in [5, 5.41) is 0. The molecule has 0 unspecified atom stereocenters. The van der Waals surface area contributed by atoms with Gasteiger partial charge in [0.25, 0.3) is 0 Å². The third-order valence-corrected chi connectivity index (χ3v) is 0. The van der Waals surface area contributed by atoms with Crippen molar-refractivity contribution >= 4 is 0 Å². The first-order chi connectivity index (χ1) is 0. The Morgan fingerprint density at radius 3 is 0.0200 bits per heavy atom. The Morgan fingerprint density at radius 1 is 0.0200 bits per heavy atom. The van der Waals surface area contributed by atoms with Crippen LogP contribution in [0.5, 0.6) is 0 Å². The van der Waals surface area contributed by atoms with Crippen LogP contribution in [-0.4, -0.2) is 0 Å². The molecule has 80 nitrogen and oxygen atoms in total. The molecule has 0 heterocycles. The average Bonchev–Trinajstić information content (AvgIpc) is 0. The fraction of sp³-hybridized carbons (Fsp3) is 0. The molecule has 100 heavy (non-hydrogen) atoms. The Kier molecular flexibility index (Phi) is 5320000. The van der Waals surface area contributed by atoms with Gasteiger partial charge >= 0.3 is 341 Å². The summed E-state index contributed by atoms with van der Waals surface area (Å²) in [6.07, 6.45) is 0. The first-order valence-corrected chi connectivity index (χ1v) is 0. The van der Waals surface area contributed by atoms with Crippen LogP contribution in [0.3, 0.4) is 0 Å². The van der Waals surface area contributed by atoms with E-state index < -0.39 is 0 Å². The molecule has 0 spiro atoms.